The van der Waals surface area contributed by atoms with Crippen LogP contribution in [0.2, 0.25) is 0 Å². The predicted molar refractivity (Wildman–Crippen MR) is 62.6 cm³/mol. The second-order valence-corrected chi connectivity index (χ2v) is 5.64. The first-order chi connectivity index (χ1) is 6.68. The summed E-state index contributed by atoms with van der Waals surface area (Å²) < 4.78 is 5.66. The van der Waals surface area contributed by atoms with Crippen molar-refractivity contribution in [3.05, 3.63) is 0 Å². The Morgan fingerprint density at radius 3 is 2.27 bits per heavy atom. The normalized spacial score (nSPS) is 27.5. The van der Waals surface area contributed by atoms with E-state index in [1.165, 1.54) is 0 Å². The highest BCUT2D eigenvalue weighted by molar-refractivity contribution is 6.19. The van der Waals surface area contributed by atoms with Gasteiger partial charge in [0.15, 0.2) is 5.90 Å². The van der Waals surface area contributed by atoms with E-state index in [2.05, 4.69) is 4.99 Å². The van der Waals surface area contributed by atoms with Crippen molar-refractivity contribution in [1.29, 1.82) is 0 Å². The molecule has 1 aliphatic heterocycles. The SMILES string of the molecule is C[C@@H]1OC(C(C)(C)CCl)=N[C@@H]1C(C)(C)O. The van der Waals surface area contributed by atoms with Gasteiger partial charge < -0.3 is 9.84 Å². The Morgan fingerprint density at radius 1 is 1.40 bits per heavy atom. The van der Waals surface area contributed by atoms with E-state index in [0.29, 0.717) is 11.8 Å². The van der Waals surface area contributed by atoms with Crippen LogP contribution in [0.1, 0.15) is 34.6 Å². The van der Waals surface area contributed by atoms with Crippen molar-refractivity contribution in [2.24, 2.45) is 10.4 Å². The van der Waals surface area contributed by atoms with Crippen molar-refractivity contribution >= 4 is 17.5 Å². The number of hydrogen-bond donors (Lipinski definition) is 1. The van der Waals surface area contributed by atoms with Gasteiger partial charge in [0.25, 0.3) is 0 Å². The summed E-state index contributed by atoms with van der Waals surface area (Å²) in [5.41, 5.74) is -1.13. The zero-order valence-corrected chi connectivity index (χ0v) is 10.8. The molecule has 0 saturated heterocycles. The van der Waals surface area contributed by atoms with Crippen LogP contribution in [0.4, 0.5) is 0 Å². The Bertz CT molecular complexity index is 268. The van der Waals surface area contributed by atoms with Crippen LogP contribution >= 0.6 is 11.6 Å². The van der Waals surface area contributed by atoms with Gasteiger partial charge in [-0.3, -0.25) is 0 Å². The van der Waals surface area contributed by atoms with Crippen LogP contribution < -0.4 is 0 Å². The minimum Gasteiger partial charge on any atom is -0.475 e. The molecule has 0 radical (unpaired) electrons. The highest BCUT2D eigenvalue weighted by Gasteiger charge is 2.42. The summed E-state index contributed by atoms with van der Waals surface area (Å²) in [5, 5.41) is 9.92. The van der Waals surface area contributed by atoms with Gasteiger partial charge in [0.1, 0.15) is 12.1 Å². The molecule has 88 valence electrons. The van der Waals surface area contributed by atoms with Crippen molar-refractivity contribution in [3.8, 4) is 0 Å². The number of aliphatic hydroxyl groups is 1. The van der Waals surface area contributed by atoms with Gasteiger partial charge in [-0.25, -0.2) is 4.99 Å². The molecule has 1 aliphatic rings. The van der Waals surface area contributed by atoms with E-state index < -0.39 is 5.60 Å². The number of rotatable bonds is 3. The molecule has 0 bridgehead atoms. The Labute approximate surface area is 96.5 Å². The lowest BCUT2D eigenvalue weighted by molar-refractivity contribution is 0.0203. The quantitative estimate of drug-likeness (QED) is 0.760. The monoisotopic (exact) mass is 233 g/mol. The van der Waals surface area contributed by atoms with Crippen LogP contribution in [0, 0.1) is 5.41 Å². The van der Waals surface area contributed by atoms with Gasteiger partial charge >= 0.3 is 0 Å². The van der Waals surface area contributed by atoms with Crippen LogP contribution in [0.5, 0.6) is 0 Å². The second kappa shape index (κ2) is 3.95. The molecular formula is C11H20ClNO2. The van der Waals surface area contributed by atoms with Gasteiger partial charge in [-0.05, 0) is 34.6 Å². The van der Waals surface area contributed by atoms with Crippen LogP contribution in [0.25, 0.3) is 0 Å². The maximum atomic E-state index is 9.92. The number of ether oxygens (including phenoxy) is 1. The third-order valence-corrected chi connectivity index (χ3v) is 3.30. The Balaban J connectivity index is 2.90. The summed E-state index contributed by atoms with van der Waals surface area (Å²) in [5.74, 6) is 1.11. The fourth-order valence-electron chi connectivity index (χ4n) is 1.63. The number of alkyl halides is 1. The lowest BCUT2D eigenvalue weighted by atomic mass is 9.95. The topological polar surface area (TPSA) is 41.8 Å². The fourth-order valence-corrected chi connectivity index (χ4v) is 1.74. The van der Waals surface area contributed by atoms with Gasteiger partial charge in [-0.1, -0.05) is 0 Å². The summed E-state index contributed by atoms with van der Waals surface area (Å²) in [4.78, 5) is 4.44. The largest absolute Gasteiger partial charge is 0.475 e. The van der Waals surface area contributed by atoms with Gasteiger partial charge in [-0.2, -0.15) is 0 Å². The molecule has 1 N–H and O–H groups in total. The lowest BCUT2D eigenvalue weighted by Gasteiger charge is -2.25. The average molecular weight is 234 g/mol. The van der Waals surface area contributed by atoms with E-state index in [9.17, 15) is 5.11 Å². The molecule has 1 rings (SSSR count). The molecule has 0 fully saturated rings. The molecule has 4 heteroatoms. The molecule has 0 saturated carbocycles. The number of aliphatic imine (C=N–C) groups is 1. The van der Waals surface area contributed by atoms with Gasteiger partial charge in [0, 0.05) is 5.88 Å². The number of nitrogens with zero attached hydrogens (tertiary/aromatic N) is 1. The summed E-state index contributed by atoms with van der Waals surface area (Å²) >= 11 is 5.86. The first-order valence-electron chi connectivity index (χ1n) is 5.22. The first-order valence-corrected chi connectivity index (χ1v) is 5.75. The zero-order chi connectivity index (χ0) is 11.9. The van der Waals surface area contributed by atoms with Crippen molar-refractivity contribution in [2.75, 3.05) is 5.88 Å². The molecule has 0 aromatic rings. The maximum absolute atomic E-state index is 9.92. The highest BCUT2D eigenvalue weighted by atomic mass is 35.5. The molecule has 0 unspecified atom stereocenters. The van der Waals surface area contributed by atoms with Crippen LogP contribution in [0.15, 0.2) is 4.99 Å². The van der Waals surface area contributed by atoms with Crippen molar-refractivity contribution < 1.29 is 9.84 Å². The Kier molecular flexibility index (Phi) is 3.36. The molecule has 0 aliphatic carbocycles. The summed E-state index contributed by atoms with van der Waals surface area (Å²) in [6, 6.07) is -0.213. The van der Waals surface area contributed by atoms with Crippen LogP contribution in [-0.2, 0) is 4.74 Å². The smallest absolute Gasteiger partial charge is 0.191 e. The lowest BCUT2D eigenvalue weighted by Crippen LogP contribution is -2.40. The third kappa shape index (κ3) is 2.64. The van der Waals surface area contributed by atoms with E-state index in [-0.39, 0.29) is 17.6 Å². The molecule has 0 aromatic carbocycles. The van der Waals surface area contributed by atoms with E-state index in [1.807, 2.05) is 20.8 Å². The minimum atomic E-state index is -0.858. The van der Waals surface area contributed by atoms with Gasteiger partial charge in [0.05, 0.1) is 11.0 Å². The van der Waals surface area contributed by atoms with E-state index in [1.54, 1.807) is 13.8 Å². The molecule has 0 spiro atoms. The first kappa shape index (κ1) is 12.8. The van der Waals surface area contributed by atoms with Crippen LogP contribution in [0.3, 0.4) is 0 Å². The zero-order valence-electron chi connectivity index (χ0n) is 10.0. The van der Waals surface area contributed by atoms with E-state index in [4.69, 9.17) is 16.3 Å². The van der Waals surface area contributed by atoms with Crippen LogP contribution in [-0.4, -0.2) is 34.6 Å². The fraction of sp³-hybridized carbons (Fsp3) is 0.909. The molecule has 15 heavy (non-hydrogen) atoms. The van der Waals surface area contributed by atoms with E-state index >= 15 is 0 Å². The van der Waals surface area contributed by atoms with Crippen molar-refractivity contribution in [3.63, 3.8) is 0 Å². The Morgan fingerprint density at radius 2 is 1.93 bits per heavy atom. The van der Waals surface area contributed by atoms with Gasteiger partial charge in [-0.15, -0.1) is 11.6 Å². The number of hydrogen-bond acceptors (Lipinski definition) is 3. The van der Waals surface area contributed by atoms with Crippen molar-refractivity contribution in [1.82, 2.24) is 0 Å². The molecule has 2 atom stereocenters. The summed E-state index contributed by atoms with van der Waals surface area (Å²) in [6.45, 7) is 9.38. The Hall–Kier alpha value is -0.280. The molecule has 1 heterocycles. The third-order valence-electron chi connectivity index (χ3n) is 2.64. The van der Waals surface area contributed by atoms with Gasteiger partial charge in [0.2, 0.25) is 0 Å². The standard InChI is InChI=1S/C11H20ClNO2/c1-7-8(11(4,5)14)13-9(15-7)10(2,3)6-12/h7-8,14H,6H2,1-5H3/t7-,8-/m0/s1. The average Bonchev–Trinajstić information content (AvgIpc) is 2.47. The summed E-state index contributed by atoms with van der Waals surface area (Å²) in [6.07, 6.45) is -0.0949. The predicted octanol–water partition coefficient (Wildman–Crippen LogP) is 2.21. The molecule has 3 nitrogen and oxygen atoms in total. The maximum Gasteiger partial charge on any atom is 0.191 e. The minimum absolute atomic E-state index is 0.0949. The van der Waals surface area contributed by atoms with E-state index in [0.717, 1.165) is 0 Å². The van der Waals surface area contributed by atoms with Crippen molar-refractivity contribution in [2.45, 2.75) is 52.4 Å². The highest BCUT2D eigenvalue weighted by Crippen LogP contribution is 2.31. The summed E-state index contributed by atoms with van der Waals surface area (Å²) in [7, 11) is 0. The second-order valence-electron chi connectivity index (χ2n) is 5.37. The molecule has 0 amide bonds. The molecular weight excluding hydrogens is 214 g/mol. The molecule has 0 aromatic heterocycles. The number of halogens is 1.